The van der Waals surface area contributed by atoms with Gasteiger partial charge in [0.1, 0.15) is 4.92 Å². The first-order chi connectivity index (χ1) is 10.6. The zero-order chi connectivity index (χ0) is 15.5. The molecule has 0 spiro atoms. The lowest BCUT2D eigenvalue weighted by molar-refractivity contribution is -0.402. The van der Waals surface area contributed by atoms with E-state index in [-0.39, 0.29) is 11.9 Å². The molecule has 3 heterocycles. The molecular formula is C13H14N4O5. The standard InChI is InChI=1S/C13H14N4O5/c18-13(11-3-4-12(22-11)17(19)20)15-9-6-14-16(7-9)8-10-2-1-5-21-10/h3-4,6-7,10H,1-2,5,8H2,(H,15,18). The zero-order valence-electron chi connectivity index (χ0n) is 11.6. The van der Waals surface area contributed by atoms with Gasteiger partial charge in [0.15, 0.2) is 5.76 Å². The van der Waals surface area contributed by atoms with Gasteiger partial charge in [-0.25, -0.2) is 0 Å². The Morgan fingerprint density at radius 2 is 2.41 bits per heavy atom. The van der Waals surface area contributed by atoms with E-state index in [0.717, 1.165) is 25.5 Å². The molecule has 1 unspecified atom stereocenters. The van der Waals surface area contributed by atoms with E-state index >= 15 is 0 Å². The summed E-state index contributed by atoms with van der Waals surface area (Å²) >= 11 is 0. The molecule has 2 aromatic heterocycles. The number of nitrogens with zero attached hydrogens (tertiary/aromatic N) is 3. The van der Waals surface area contributed by atoms with Crippen LogP contribution in [0.2, 0.25) is 0 Å². The van der Waals surface area contributed by atoms with Gasteiger partial charge in [0.2, 0.25) is 0 Å². The molecule has 1 aliphatic heterocycles. The molecule has 9 nitrogen and oxygen atoms in total. The molecule has 1 saturated heterocycles. The molecule has 1 atom stereocenters. The van der Waals surface area contributed by atoms with Gasteiger partial charge >= 0.3 is 5.88 Å². The lowest BCUT2D eigenvalue weighted by Gasteiger charge is -2.08. The van der Waals surface area contributed by atoms with Gasteiger partial charge < -0.3 is 14.5 Å². The Morgan fingerprint density at radius 3 is 3.09 bits per heavy atom. The van der Waals surface area contributed by atoms with Crippen LogP contribution in [0.1, 0.15) is 23.4 Å². The highest BCUT2D eigenvalue weighted by atomic mass is 16.6. The summed E-state index contributed by atoms with van der Waals surface area (Å²) in [7, 11) is 0. The number of rotatable bonds is 5. The first-order valence-corrected chi connectivity index (χ1v) is 6.81. The van der Waals surface area contributed by atoms with Crippen LogP contribution in [0.15, 0.2) is 28.9 Å². The maximum absolute atomic E-state index is 11.9. The molecule has 1 aliphatic rings. The number of hydrogen-bond donors (Lipinski definition) is 1. The second kappa shape index (κ2) is 5.98. The minimum Gasteiger partial charge on any atom is -0.395 e. The maximum atomic E-state index is 11.9. The van der Waals surface area contributed by atoms with Crippen molar-refractivity contribution in [3.05, 3.63) is 40.4 Å². The maximum Gasteiger partial charge on any atom is 0.433 e. The molecule has 0 saturated carbocycles. The predicted molar refractivity (Wildman–Crippen MR) is 74.5 cm³/mol. The number of carbonyl (C=O) groups excluding carboxylic acids is 1. The summed E-state index contributed by atoms with van der Waals surface area (Å²) in [6.07, 6.45) is 5.38. The lowest BCUT2D eigenvalue weighted by atomic mass is 10.2. The Bertz CT molecular complexity index is 686. The van der Waals surface area contributed by atoms with Gasteiger partial charge in [-0.15, -0.1) is 0 Å². The average molecular weight is 306 g/mol. The van der Waals surface area contributed by atoms with Gasteiger partial charge in [0, 0.05) is 12.8 Å². The molecule has 1 amide bonds. The number of ether oxygens (including phenoxy) is 1. The fourth-order valence-corrected chi connectivity index (χ4v) is 2.27. The third-order valence-corrected chi connectivity index (χ3v) is 3.30. The van der Waals surface area contributed by atoms with Crippen LogP contribution in [0, 0.1) is 10.1 Å². The zero-order valence-corrected chi connectivity index (χ0v) is 11.6. The molecule has 3 rings (SSSR count). The van der Waals surface area contributed by atoms with Crippen molar-refractivity contribution < 1.29 is 18.9 Å². The van der Waals surface area contributed by atoms with Gasteiger partial charge in [-0.05, 0) is 18.9 Å². The molecule has 22 heavy (non-hydrogen) atoms. The van der Waals surface area contributed by atoms with Gasteiger partial charge in [-0.2, -0.15) is 5.10 Å². The Kier molecular flexibility index (Phi) is 3.88. The van der Waals surface area contributed by atoms with Crippen molar-refractivity contribution in [2.24, 2.45) is 0 Å². The molecule has 1 fully saturated rings. The SMILES string of the molecule is O=C(Nc1cnn(CC2CCCO2)c1)c1ccc([N+](=O)[O-])o1. The summed E-state index contributed by atoms with van der Waals surface area (Å²) in [5.41, 5.74) is 0.488. The van der Waals surface area contributed by atoms with E-state index in [9.17, 15) is 14.9 Å². The van der Waals surface area contributed by atoms with Crippen LogP contribution in [0.3, 0.4) is 0 Å². The van der Waals surface area contributed by atoms with Crippen LogP contribution in [0.25, 0.3) is 0 Å². The second-order valence-electron chi connectivity index (χ2n) is 4.94. The largest absolute Gasteiger partial charge is 0.433 e. The first kappa shape index (κ1) is 14.3. The number of nitro groups is 1. The Balaban J connectivity index is 1.61. The van der Waals surface area contributed by atoms with Crippen molar-refractivity contribution in [3.8, 4) is 0 Å². The number of aromatic nitrogens is 2. The monoisotopic (exact) mass is 306 g/mol. The lowest BCUT2D eigenvalue weighted by Crippen LogP contribution is -2.15. The third kappa shape index (κ3) is 3.14. The predicted octanol–water partition coefficient (Wildman–Crippen LogP) is 1.82. The Labute approximate surface area is 125 Å². The topological polar surface area (TPSA) is 112 Å². The smallest absolute Gasteiger partial charge is 0.395 e. The van der Waals surface area contributed by atoms with E-state index in [4.69, 9.17) is 9.15 Å². The van der Waals surface area contributed by atoms with Crippen LogP contribution < -0.4 is 5.32 Å². The minimum absolute atomic E-state index is 0.126. The molecule has 1 N–H and O–H groups in total. The van der Waals surface area contributed by atoms with Crippen molar-refractivity contribution in [1.82, 2.24) is 9.78 Å². The van der Waals surface area contributed by atoms with Crippen LogP contribution in [-0.4, -0.2) is 33.3 Å². The number of nitrogens with one attached hydrogen (secondary N) is 1. The fraction of sp³-hybridized carbons (Fsp3) is 0.385. The summed E-state index contributed by atoms with van der Waals surface area (Å²) in [5.74, 6) is -1.16. The number of amides is 1. The van der Waals surface area contributed by atoms with Crippen molar-refractivity contribution in [1.29, 1.82) is 0 Å². The van der Waals surface area contributed by atoms with Crippen LogP contribution in [0.4, 0.5) is 11.6 Å². The molecule has 2 aromatic rings. The first-order valence-electron chi connectivity index (χ1n) is 6.81. The van der Waals surface area contributed by atoms with E-state index in [0.29, 0.717) is 12.2 Å². The van der Waals surface area contributed by atoms with Crippen molar-refractivity contribution in [3.63, 3.8) is 0 Å². The van der Waals surface area contributed by atoms with E-state index in [2.05, 4.69) is 10.4 Å². The summed E-state index contributed by atoms with van der Waals surface area (Å²) in [6.45, 7) is 1.40. The highest BCUT2D eigenvalue weighted by molar-refractivity contribution is 6.02. The van der Waals surface area contributed by atoms with E-state index in [1.807, 2.05) is 0 Å². The highest BCUT2D eigenvalue weighted by Gasteiger charge is 2.19. The number of anilines is 1. The number of carbonyl (C=O) groups is 1. The van der Waals surface area contributed by atoms with Crippen molar-refractivity contribution >= 4 is 17.5 Å². The van der Waals surface area contributed by atoms with Gasteiger partial charge in [0.25, 0.3) is 5.91 Å². The molecule has 116 valence electrons. The van der Waals surface area contributed by atoms with Gasteiger partial charge in [-0.3, -0.25) is 19.6 Å². The average Bonchev–Trinajstić information content (AvgIpc) is 3.19. The minimum atomic E-state index is -0.698. The number of furan rings is 1. The summed E-state index contributed by atoms with van der Waals surface area (Å²) in [5, 5.41) is 17.2. The molecule has 0 bridgehead atoms. The normalized spacial score (nSPS) is 17.5. The molecule has 9 heteroatoms. The number of hydrogen-bond acceptors (Lipinski definition) is 6. The van der Waals surface area contributed by atoms with E-state index in [1.54, 1.807) is 10.9 Å². The summed E-state index contributed by atoms with van der Waals surface area (Å²) in [4.78, 5) is 21.7. The molecule has 0 radical (unpaired) electrons. The highest BCUT2D eigenvalue weighted by Crippen LogP contribution is 2.18. The van der Waals surface area contributed by atoms with E-state index in [1.165, 1.54) is 12.3 Å². The molecule has 0 aromatic carbocycles. The quantitative estimate of drug-likeness (QED) is 0.666. The Hall–Kier alpha value is -2.68. The van der Waals surface area contributed by atoms with E-state index < -0.39 is 16.7 Å². The van der Waals surface area contributed by atoms with Crippen molar-refractivity contribution in [2.75, 3.05) is 11.9 Å². The van der Waals surface area contributed by atoms with Crippen LogP contribution in [-0.2, 0) is 11.3 Å². The van der Waals surface area contributed by atoms with Gasteiger partial charge in [-0.1, -0.05) is 0 Å². The van der Waals surface area contributed by atoms with Crippen molar-refractivity contribution in [2.45, 2.75) is 25.5 Å². The Morgan fingerprint density at radius 1 is 1.55 bits per heavy atom. The molecule has 0 aliphatic carbocycles. The van der Waals surface area contributed by atoms with Gasteiger partial charge in [0.05, 0.1) is 30.6 Å². The summed E-state index contributed by atoms with van der Waals surface area (Å²) < 4.78 is 12.0. The molecular weight excluding hydrogens is 292 g/mol. The second-order valence-corrected chi connectivity index (χ2v) is 4.94. The van der Waals surface area contributed by atoms with Crippen LogP contribution in [0.5, 0.6) is 0 Å². The third-order valence-electron chi connectivity index (χ3n) is 3.30. The summed E-state index contributed by atoms with van der Waals surface area (Å²) in [6, 6.07) is 2.39. The van der Waals surface area contributed by atoms with Crippen LogP contribution >= 0.6 is 0 Å². The fourth-order valence-electron chi connectivity index (χ4n) is 2.27.